The number of carbonyl (C=O) groups excluding carboxylic acids is 1. The first kappa shape index (κ1) is 17.9. The number of aromatic nitrogens is 5. The predicted molar refractivity (Wildman–Crippen MR) is 102 cm³/mol. The van der Waals surface area contributed by atoms with Crippen molar-refractivity contribution in [2.45, 2.75) is 12.3 Å². The third-order valence-corrected chi connectivity index (χ3v) is 4.77. The zero-order valence-electron chi connectivity index (χ0n) is 15.7. The second-order valence-corrected chi connectivity index (χ2v) is 6.85. The molecule has 3 aromatic heterocycles. The van der Waals surface area contributed by atoms with Crippen LogP contribution in [0.5, 0.6) is 5.88 Å². The van der Waals surface area contributed by atoms with Crippen LogP contribution < -0.4 is 15.4 Å². The number of aryl methyl sites for hydroxylation is 1. The Labute approximate surface area is 162 Å². The minimum atomic E-state index is -0.705. The van der Waals surface area contributed by atoms with E-state index in [0.29, 0.717) is 30.1 Å². The molecule has 0 bridgehead atoms. The average Bonchev–Trinajstić information content (AvgIpc) is 3.37. The molecule has 9 nitrogen and oxygen atoms in total. The second-order valence-electron chi connectivity index (χ2n) is 6.85. The van der Waals surface area contributed by atoms with Gasteiger partial charge in [0, 0.05) is 50.1 Å². The molecule has 2 atom stereocenters. The lowest BCUT2D eigenvalue weighted by Gasteiger charge is -2.17. The molecule has 0 saturated heterocycles. The van der Waals surface area contributed by atoms with Gasteiger partial charge in [-0.25, -0.2) is 4.98 Å². The van der Waals surface area contributed by atoms with E-state index in [1.807, 2.05) is 38.5 Å². The molecule has 2 N–H and O–H groups in total. The third kappa shape index (κ3) is 3.78. The maximum absolute atomic E-state index is 11.7. The van der Waals surface area contributed by atoms with Gasteiger partial charge >= 0.3 is 0 Å². The Hall–Kier alpha value is -3.49. The van der Waals surface area contributed by atoms with E-state index in [1.165, 1.54) is 0 Å². The maximum Gasteiger partial charge on any atom is 0.286 e. The summed E-state index contributed by atoms with van der Waals surface area (Å²) in [5.74, 6) is 0.812. The van der Waals surface area contributed by atoms with Crippen molar-refractivity contribution in [3.05, 3.63) is 54.4 Å². The van der Waals surface area contributed by atoms with Gasteiger partial charge in [0.25, 0.3) is 5.91 Å². The van der Waals surface area contributed by atoms with Gasteiger partial charge in [-0.2, -0.15) is 10.1 Å². The number of rotatable bonds is 7. The Morgan fingerprint density at radius 2 is 2.25 bits per heavy atom. The molecular weight excluding hydrogens is 358 g/mol. The summed E-state index contributed by atoms with van der Waals surface area (Å²) in [5, 5.41) is 4.15. The molecule has 0 aromatic carbocycles. The molecule has 3 heterocycles. The van der Waals surface area contributed by atoms with Crippen LogP contribution in [0.1, 0.15) is 28.7 Å². The molecule has 0 radical (unpaired) electrons. The fraction of sp³-hybridized carbons (Fsp3) is 0.316. The summed E-state index contributed by atoms with van der Waals surface area (Å²) in [5.41, 5.74) is 7.29. The number of pyridine rings is 1. The van der Waals surface area contributed by atoms with E-state index in [1.54, 1.807) is 28.0 Å². The number of primary amides is 1. The third-order valence-electron chi connectivity index (χ3n) is 4.77. The summed E-state index contributed by atoms with van der Waals surface area (Å²) in [4.78, 5) is 26.2. The number of nitrogens with two attached hydrogens (primary N) is 1. The number of anilines is 2. The van der Waals surface area contributed by atoms with Crippen molar-refractivity contribution in [3.63, 3.8) is 0 Å². The monoisotopic (exact) mass is 379 g/mol. The van der Waals surface area contributed by atoms with Crippen molar-refractivity contribution in [2.75, 3.05) is 18.6 Å². The largest absolute Gasteiger partial charge is 0.477 e. The molecule has 1 aliphatic carbocycles. The van der Waals surface area contributed by atoms with Crippen molar-refractivity contribution in [1.82, 2.24) is 24.7 Å². The standard InChI is InChI=1S/C19H21N7O2/c1-25-10-13(9-22-25)26(2)16-8-17(24-19(23-16)18(20)27)28-11-12-7-14(12)15-5-3-4-6-21-15/h3-6,8-10,12,14H,7,11H2,1-2H3,(H2,20,27). The van der Waals surface area contributed by atoms with E-state index in [9.17, 15) is 4.79 Å². The van der Waals surface area contributed by atoms with Crippen molar-refractivity contribution < 1.29 is 9.53 Å². The van der Waals surface area contributed by atoms with Gasteiger partial charge in [0.15, 0.2) is 0 Å². The van der Waals surface area contributed by atoms with Crippen LogP contribution in [0.15, 0.2) is 42.9 Å². The summed E-state index contributed by atoms with van der Waals surface area (Å²) in [6.45, 7) is 0.493. The lowest BCUT2D eigenvalue weighted by Crippen LogP contribution is -2.19. The molecule has 1 amide bonds. The molecule has 9 heteroatoms. The van der Waals surface area contributed by atoms with E-state index >= 15 is 0 Å². The Bertz CT molecular complexity index is 989. The topological polar surface area (TPSA) is 112 Å². The van der Waals surface area contributed by atoms with Gasteiger partial charge in [-0.05, 0) is 18.6 Å². The molecule has 2 unspecified atom stereocenters. The molecule has 0 spiro atoms. The van der Waals surface area contributed by atoms with Crippen LogP contribution in [0.4, 0.5) is 11.5 Å². The highest BCUT2D eigenvalue weighted by Crippen LogP contribution is 2.46. The van der Waals surface area contributed by atoms with Crippen molar-refractivity contribution in [1.29, 1.82) is 0 Å². The maximum atomic E-state index is 11.7. The van der Waals surface area contributed by atoms with Gasteiger partial charge in [-0.15, -0.1) is 0 Å². The van der Waals surface area contributed by atoms with E-state index in [0.717, 1.165) is 17.8 Å². The van der Waals surface area contributed by atoms with Crippen molar-refractivity contribution >= 4 is 17.4 Å². The molecule has 1 fully saturated rings. The zero-order chi connectivity index (χ0) is 19.7. The smallest absolute Gasteiger partial charge is 0.286 e. The summed E-state index contributed by atoms with van der Waals surface area (Å²) in [7, 11) is 3.65. The first-order chi connectivity index (χ1) is 13.5. The van der Waals surface area contributed by atoms with Crippen LogP contribution in [0.2, 0.25) is 0 Å². The lowest BCUT2D eigenvalue weighted by molar-refractivity contribution is 0.0989. The second kappa shape index (κ2) is 7.26. The number of amides is 1. The highest BCUT2D eigenvalue weighted by Gasteiger charge is 2.40. The minimum Gasteiger partial charge on any atom is -0.477 e. The normalized spacial score (nSPS) is 17.9. The summed E-state index contributed by atoms with van der Waals surface area (Å²) in [6.07, 6.45) is 6.37. The fourth-order valence-electron chi connectivity index (χ4n) is 3.06. The van der Waals surface area contributed by atoms with E-state index in [4.69, 9.17) is 10.5 Å². The Kier molecular flexibility index (Phi) is 4.64. The zero-order valence-corrected chi connectivity index (χ0v) is 15.7. The molecule has 1 saturated carbocycles. The van der Waals surface area contributed by atoms with Gasteiger partial charge in [-0.3, -0.25) is 14.5 Å². The molecule has 28 heavy (non-hydrogen) atoms. The first-order valence-electron chi connectivity index (χ1n) is 8.96. The summed E-state index contributed by atoms with van der Waals surface area (Å²) < 4.78 is 7.56. The Morgan fingerprint density at radius 3 is 2.93 bits per heavy atom. The van der Waals surface area contributed by atoms with Crippen LogP contribution in [-0.2, 0) is 7.05 Å². The first-order valence-corrected chi connectivity index (χ1v) is 8.96. The molecule has 4 rings (SSSR count). The predicted octanol–water partition coefficient (Wildman–Crippen LogP) is 1.65. The number of hydrogen-bond acceptors (Lipinski definition) is 7. The number of ether oxygens (including phenoxy) is 1. The van der Waals surface area contributed by atoms with Crippen LogP contribution in [-0.4, -0.2) is 44.3 Å². The van der Waals surface area contributed by atoms with Gasteiger partial charge in [0.1, 0.15) is 5.82 Å². The minimum absolute atomic E-state index is 0.0830. The lowest BCUT2D eigenvalue weighted by atomic mass is 10.2. The molecule has 0 aliphatic heterocycles. The SMILES string of the molecule is CN(c1cnn(C)c1)c1cc(OCC2CC2c2ccccn2)nc(C(N)=O)n1. The molecular formula is C19H21N7O2. The number of carbonyl (C=O) groups is 1. The quantitative estimate of drug-likeness (QED) is 0.664. The average molecular weight is 379 g/mol. The van der Waals surface area contributed by atoms with Crippen LogP contribution in [0.25, 0.3) is 0 Å². The van der Waals surface area contributed by atoms with E-state index in [2.05, 4.69) is 20.1 Å². The molecule has 144 valence electrons. The van der Waals surface area contributed by atoms with E-state index in [-0.39, 0.29) is 5.82 Å². The summed E-state index contributed by atoms with van der Waals surface area (Å²) in [6, 6.07) is 7.62. The van der Waals surface area contributed by atoms with Crippen molar-refractivity contribution in [2.24, 2.45) is 18.7 Å². The summed E-state index contributed by atoms with van der Waals surface area (Å²) >= 11 is 0. The van der Waals surface area contributed by atoms with Gasteiger partial charge in [0.05, 0.1) is 18.5 Å². The highest BCUT2D eigenvalue weighted by atomic mass is 16.5. The van der Waals surface area contributed by atoms with Crippen LogP contribution >= 0.6 is 0 Å². The number of nitrogens with zero attached hydrogens (tertiary/aromatic N) is 6. The van der Waals surface area contributed by atoms with Crippen LogP contribution in [0.3, 0.4) is 0 Å². The van der Waals surface area contributed by atoms with Gasteiger partial charge in [0.2, 0.25) is 11.7 Å². The highest BCUT2D eigenvalue weighted by molar-refractivity contribution is 5.89. The van der Waals surface area contributed by atoms with Gasteiger partial charge < -0.3 is 15.4 Å². The number of hydrogen-bond donors (Lipinski definition) is 1. The Morgan fingerprint density at radius 1 is 1.39 bits per heavy atom. The fourth-order valence-corrected chi connectivity index (χ4v) is 3.06. The van der Waals surface area contributed by atoms with Crippen LogP contribution in [0, 0.1) is 5.92 Å². The molecule has 3 aromatic rings. The Balaban J connectivity index is 1.49. The van der Waals surface area contributed by atoms with E-state index < -0.39 is 5.91 Å². The molecule has 1 aliphatic rings. The van der Waals surface area contributed by atoms with Gasteiger partial charge in [-0.1, -0.05) is 6.07 Å². The van der Waals surface area contributed by atoms with Crippen molar-refractivity contribution in [3.8, 4) is 5.88 Å².